The number of fused-ring (bicyclic) bond motifs is 1. The van der Waals surface area contributed by atoms with Gasteiger partial charge in [0.1, 0.15) is 11.7 Å². The molecule has 0 aliphatic rings. The maximum Gasteiger partial charge on any atom is 0.323 e. The predicted molar refractivity (Wildman–Crippen MR) is 78.5 cm³/mol. The minimum absolute atomic E-state index is 0.220. The first-order chi connectivity index (χ1) is 9.61. The molecule has 1 atom stereocenters. The highest BCUT2D eigenvalue weighted by Gasteiger charge is 2.14. The molecule has 0 amide bonds. The van der Waals surface area contributed by atoms with Crippen LogP contribution in [0.15, 0.2) is 29.1 Å². The van der Waals surface area contributed by atoms with E-state index in [4.69, 9.17) is 5.73 Å². The van der Waals surface area contributed by atoms with Gasteiger partial charge in [0, 0.05) is 11.5 Å². The van der Waals surface area contributed by atoms with Crippen molar-refractivity contribution in [1.29, 1.82) is 0 Å². The number of aromatic nitrogens is 2. The highest BCUT2D eigenvalue weighted by molar-refractivity contribution is 7.98. The van der Waals surface area contributed by atoms with Crippen LogP contribution in [-0.2, 0) is 15.3 Å². The molecule has 0 saturated carbocycles. The van der Waals surface area contributed by atoms with Gasteiger partial charge in [-0.2, -0.15) is 11.8 Å². The molecule has 0 bridgehead atoms. The summed E-state index contributed by atoms with van der Waals surface area (Å²) in [5, 5.41) is 0. The number of thioether (sulfide) groups is 1. The van der Waals surface area contributed by atoms with E-state index in [1.165, 1.54) is 18.9 Å². The fourth-order valence-corrected chi connectivity index (χ4v) is 2.56. The second-order valence-electron chi connectivity index (χ2n) is 4.17. The van der Waals surface area contributed by atoms with Crippen LogP contribution in [0.1, 0.15) is 5.69 Å². The zero-order valence-electron chi connectivity index (χ0n) is 11.0. The third kappa shape index (κ3) is 3.37. The third-order valence-electron chi connectivity index (χ3n) is 2.71. The van der Waals surface area contributed by atoms with E-state index in [0.717, 1.165) is 5.52 Å². The van der Waals surface area contributed by atoms with Gasteiger partial charge in [-0.1, -0.05) is 12.1 Å². The van der Waals surface area contributed by atoms with Crippen molar-refractivity contribution in [2.45, 2.75) is 11.8 Å². The molecule has 0 saturated heterocycles. The summed E-state index contributed by atoms with van der Waals surface area (Å²) in [6.07, 6.45) is 0. The number of benzene rings is 1. The summed E-state index contributed by atoms with van der Waals surface area (Å²) in [5.74, 6) is 0.309. The topological polar surface area (TPSA) is 98.1 Å². The molecule has 0 aliphatic heterocycles. The summed E-state index contributed by atoms with van der Waals surface area (Å²) in [5.41, 5.74) is 7.26. The number of methoxy groups -OCH3 is 1. The maximum absolute atomic E-state index is 11.8. The van der Waals surface area contributed by atoms with Gasteiger partial charge in [0.05, 0.1) is 18.1 Å². The summed E-state index contributed by atoms with van der Waals surface area (Å²) < 4.78 is 4.54. The summed E-state index contributed by atoms with van der Waals surface area (Å²) in [4.78, 5) is 30.1. The number of carbonyl (C=O) groups is 1. The van der Waals surface area contributed by atoms with E-state index in [-0.39, 0.29) is 5.56 Å². The lowest BCUT2D eigenvalue weighted by Gasteiger charge is -2.08. The van der Waals surface area contributed by atoms with E-state index in [1.807, 2.05) is 18.2 Å². The molecule has 0 aliphatic carbocycles. The average molecular weight is 293 g/mol. The van der Waals surface area contributed by atoms with Crippen molar-refractivity contribution in [3.8, 4) is 0 Å². The van der Waals surface area contributed by atoms with Crippen LogP contribution in [0.4, 0.5) is 0 Å². The lowest BCUT2D eigenvalue weighted by atomic mass is 10.3. The van der Waals surface area contributed by atoms with Crippen molar-refractivity contribution in [3.05, 3.63) is 40.3 Å². The van der Waals surface area contributed by atoms with Crippen LogP contribution >= 0.6 is 11.8 Å². The van der Waals surface area contributed by atoms with E-state index >= 15 is 0 Å². The number of hydrogen-bond donors (Lipinski definition) is 2. The quantitative estimate of drug-likeness (QED) is 0.786. The van der Waals surface area contributed by atoms with Gasteiger partial charge in [-0.15, -0.1) is 0 Å². The fourth-order valence-electron chi connectivity index (χ4n) is 1.67. The van der Waals surface area contributed by atoms with E-state index < -0.39 is 12.0 Å². The average Bonchev–Trinajstić information content (AvgIpc) is 2.46. The number of nitrogens with one attached hydrogen (secondary N) is 1. The molecule has 20 heavy (non-hydrogen) atoms. The first-order valence-electron chi connectivity index (χ1n) is 6.01. The number of nitrogens with zero attached hydrogens (tertiary/aromatic N) is 1. The number of para-hydroxylation sites is 2. The van der Waals surface area contributed by atoms with E-state index in [9.17, 15) is 9.59 Å². The number of hydrogen-bond acceptors (Lipinski definition) is 6. The Morgan fingerprint density at radius 2 is 2.25 bits per heavy atom. The smallest absolute Gasteiger partial charge is 0.323 e. The highest BCUT2D eigenvalue weighted by atomic mass is 32.2. The Balaban J connectivity index is 2.05. The number of esters is 1. The van der Waals surface area contributed by atoms with Gasteiger partial charge in [-0.05, 0) is 12.1 Å². The molecule has 2 rings (SSSR count). The molecule has 6 nitrogen and oxygen atoms in total. The molecule has 106 valence electrons. The standard InChI is InChI=1S/C13H15N3O3S/c1-19-13(18)8(14)6-20-7-11-12(17)16-10-5-3-2-4-9(10)15-11/h2-5,8H,6-7,14H2,1H3,(H,16,17). The second-order valence-corrected chi connectivity index (χ2v) is 5.20. The van der Waals surface area contributed by atoms with Crippen LogP contribution in [0, 0.1) is 0 Å². The molecule has 1 heterocycles. The normalized spacial score (nSPS) is 12.3. The van der Waals surface area contributed by atoms with Gasteiger partial charge in [0.2, 0.25) is 0 Å². The van der Waals surface area contributed by atoms with Crippen LogP contribution in [0.25, 0.3) is 11.0 Å². The van der Waals surface area contributed by atoms with Crippen molar-refractivity contribution in [2.24, 2.45) is 5.73 Å². The van der Waals surface area contributed by atoms with Gasteiger partial charge in [0.15, 0.2) is 0 Å². The summed E-state index contributed by atoms with van der Waals surface area (Å²) in [6, 6.07) is 6.64. The maximum atomic E-state index is 11.8. The first-order valence-corrected chi connectivity index (χ1v) is 7.16. The minimum atomic E-state index is -0.690. The van der Waals surface area contributed by atoms with Crippen LogP contribution in [0.5, 0.6) is 0 Å². The number of aromatic amines is 1. The molecule has 0 fully saturated rings. The molecule has 1 unspecified atom stereocenters. The van der Waals surface area contributed by atoms with Gasteiger partial charge in [0.25, 0.3) is 5.56 Å². The zero-order valence-corrected chi connectivity index (χ0v) is 11.8. The lowest BCUT2D eigenvalue weighted by Crippen LogP contribution is -2.34. The Bertz CT molecular complexity index is 671. The Morgan fingerprint density at radius 3 is 3.00 bits per heavy atom. The molecule has 7 heteroatoms. The molecule has 2 aromatic rings. The molecule has 1 aromatic carbocycles. The Morgan fingerprint density at radius 1 is 1.50 bits per heavy atom. The molecule has 3 N–H and O–H groups in total. The van der Waals surface area contributed by atoms with Crippen molar-refractivity contribution in [3.63, 3.8) is 0 Å². The van der Waals surface area contributed by atoms with Crippen molar-refractivity contribution in [2.75, 3.05) is 12.9 Å². The third-order valence-corrected chi connectivity index (χ3v) is 3.78. The summed E-state index contributed by atoms with van der Waals surface area (Å²) in [6.45, 7) is 0. The van der Waals surface area contributed by atoms with Gasteiger partial charge in [-0.25, -0.2) is 4.98 Å². The Labute approximate surface area is 119 Å². The van der Waals surface area contributed by atoms with E-state index in [1.54, 1.807) is 6.07 Å². The van der Waals surface area contributed by atoms with E-state index in [0.29, 0.717) is 22.7 Å². The zero-order chi connectivity index (χ0) is 14.5. The van der Waals surface area contributed by atoms with Crippen LogP contribution < -0.4 is 11.3 Å². The van der Waals surface area contributed by atoms with Crippen molar-refractivity contribution >= 4 is 28.8 Å². The number of ether oxygens (including phenoxy) is 1. The second kappa shape index (κ2) is 6.53. The first kappa shape index (κ1) is 14.5. The number of rotatable bonds is 5. The van der Waals surface area contributed by atoms with Crippen LogP contribution in [-0.4, -0.2) is 34.8 Å². The molecule has 0 spiro atoms. The van der Waals surface area contributed by atoms with Crippen molar-refractivity contribution in [1.82, 2.24) is 9.97 Å². The summed E-state index contributed by atoms with van der Waals surface area (Å²) >= 11 is 1.37. The van der Waals surface area contributed by atoms with Crippen LogP contribution in [0.3, 0.4) is 0 Å². The molecular formula is C13H15N3O3S. The van der Waals surface area contributed by atoms with Crippen molar-refractivity contribution < 1.29 is 9.53 Å². The van der Waals surface area contributed by atoms with E-state index in [2.05, 4.69) is 14.7 Å². The largest absolute Gasteiger partial charge is 0.468 e. The fraction of sp³-hybridized carbons (Fsp3) is 0.308. The Kier molecular flexibility index (Phi) is 4.75. The summed E-state index contributed by atoms with van der Waals surface area (Å²) in [7, 11) is 1.29. The van der Waals surface area contributed by atoms with Crippen LogP contribution in [0.2, 0.25) is 0 Å². The monoisotopic (exact) mass is 293 g/mol. The lowest BCUT2D eigenvalue weighted by molar-refractivity contribution is -0.141. The predicted octanol–water partition coefficient (Wildman–Crippen LogP) is 0.657. The van der Waals surface area contributed by atoms with Gasteiger partial charge >= 0.3 is 5.97 Å². The molecule has 0 radical (unpaired) electrons. The Hall–Kier alpha value is -1.86. The molecule has 1 aromatic heterocycles. The number of nitrogens with two attached hydrogens (primary N) is 1. The SMILES string of the molecule is COC(=O)C(N)CSCc1nc2ccccc2[nH]c1=O. The molecular weight excluding hydrogens is 278 g/mol. The van der Waals surface area contributed by atoms with Gasteiger partial charge < -0.3 is 15.5 Å². The number of carbonyl (C=O) groups excluding carboxylic acids is 1. The van der Waals surface area contributed by atoms with Gasteiger partial charge in [-0.3, -0.25) is 9.59 Å². The minimum Gasteiger partial charge on any atom is -0.468 e. The number of H-pyrrole nitrogens is 1. The highest BCUT2D eigenvalue weighted by Crippen LogP contribution is 2.11.